The van der Waals surface area contributed by atoms with E-state index in [4.69, 9.17) is 5.26 Å². The van der Waals surface area contributed by atoms with E-state index >= 15 is 0 Å². The van der Waals surface area contributed by atoms with Gasteiger partial charge in [-0.2, -0.15) is 10.4 Å². The Bertz CT molecular complexity index is 467. The molecule has 0 atom stereocenters. The molecule has 2 N–H and O–H groups in total. The van der Waals surface area contributed by atoms with Gasteiger partial charge in [-0.15, -0.1) is 0 Å². The molecule has 96 valence electrons. The van der Waals surface area contributed by atoms with Gasteiger partial charge < -0.3 is 5.32 Å². The summed E-state index contributed by atoms with van der Waals surface area (Å²) in [5.74, 6) is 0.313. The predicted molar refractivity (Wildman–Crippen MR) is 67.0 cm³/mol. The number of urea groups is 1. The number of carbonyl (C=O) groups is 1. The molecule has 1 aromatic rings. The van der Waals surface area contributed by atoms with Crippen molar-refractivity contribution in [1.82, 2.24) is 15.1 Å². The lowest BCUT2D eigenvalue weighted by atomic mass is 9.96. The van der Waals surface area contributed by atoms with Gasteiger partial charge in [0.05, 0.1) is 0 Å². The number of aryl methyl sites for hydroxylation is 1. The van der Waals surface area contributed by atoms with Gasteiger partial charge in [0.1, 0.15) is 11.6 Å². The molecule has 0 aliphatic heterocycles. The highest BCUT2D eigenvalue weighted by Crippen LogP contribution is 2.17. The van der Waals surface area contributed by atoms with Gasteiger partial charge in [0.15, 0.2) is 5.82 Å². The van der Waals surface area contributed by atoms with E-state index in [-0.39, 0.29) is 12.1 Å². The smallest absolute Gasteiger partial charge is 0.320 e. The predicted octanol–water partition coefficient (Wildman–Crippen LogP) is 1.75. The monoisotopic (exact) mass is 247 g/mol. The molecule has 0 spiro atoms. The number of nitrogens with zero attached hydrogens (tertiary/aromatic N) is 3. The van der Waals surface area contributed by atoms with E-state index in [0.717, 1.165) is 25.7 Å². The molecule has 6 heteroatoms. The van der Waals surface area contributed by atoms with E-state index in [1.807, 2.05) is 6.07 Å². The zero-order valence-electron chi connectivity index (χ0n) is 10.4. The molecule has 1 aliphatic rings. The maximum absolute atomic E-state index is 11.8. The summed E-state index contributed by atoms with van der Waals surface area (Å²) >= 11 is 0. The van der Waals surface area contributed by atoms with Crippen molar-refractivity contribution in [3.8, 4) is 6.07 Å². The number of rotatable bonds is 2. The van der Waals surface area contributed by atoms with Crippen LogP contribution in [0.5, 0.6) is 0 Å². The van der Waals surface area contributed by atoms with Crippen LogP contribution < -0.4 is 10.6 Å². The summed E-state index contributed by atoms with van der Waals surface area (Å²) in [6.07, 6.45) is 7.21. The standard InChI is InChI=1S/C12H17N5O/c1-17-8-9(7-13)11(16-17)15-12(18)14-10-5-3-2-4-6-10/h8,10H,2-6H2,1H3,(H2,14,15,16,18). The Morgan fingerprint density at radius 3 is 2.89 bits per heavy atom. The Balaban J connectivity index is 1.92. The molecule has 1 heterocycles. The van der Waals surface area contributed by atoms with Gasteiger partial charge >= 0.3 is 6.03 Å². The third kappa shape index (κ3) is 3.00. The number of aromatic nitrogens is 2. The topological polar surface area (TPSA) is 82.7 Å². The summed E-state index contributed by atoms with van der Waals surface area (Å²) in [4.78, 5) is 11.8. The molecule has 18 heavy (non-hydrogen) atoms. The van der Waals surface area contributed by atoms with Crippen LogP contribution in [0.2, 0.25) is 0 Å². The second-order valence-electron chi connectivity index (χ2n) is 4.61. The fraction of sp³-hybridized carbons (Fsp3) is 0.583. The van der Waals surface area contributed by atoms with Crippen LogP contribution in [-0.2, 0) is 7.05 Å². The fourth-order valence-electron chi connectivity index (χ4n) is 2.24. The van der Waals surface area contributed by atoms with Gasteiger partial charge in [-0.05, 0) is 12.8 Å². The maximum Gasteiger partial charge on any atom is 0.320 e. The van der Waals surface area contributed by atoms with Gasteiger partial charge in [-0.25, -0.2) is 4.79 Å². The van der Waals surface area contributed by atoms with Crippen LogP contribution in [0.3, 0.4) is 0 Å². The van der Waals surface area contributed by atoms with E-state index in [1.165, 1.54) is 11.1 Å². The third-order valence-corrected chi connectivity index (χ3v) is 3.12. The van der Waals surface area contributed by atoms with E-state index < -0.39 is 0 Å². The molecular weight excluding hydrogens is 230 g/mol. The first-order valence-electron chi connectivity index (χ1n) is 6.20. The molecule has 1 saturated carbocycles. The van der Waals surface area contributed by atoms with E-state index in [9.17, 15) is 4.79 Å². The summed E-state index contributed by atoms with van der Waals surface area (Å²) in [7, 11) is 1.71. The Labute approximate surface area is 106 Å². The van der Waals surface area contributed by atoms with Crippen LogP contribution >= 0.6 is 0 Å². The van der Waals surface area contributed by atoms with E-state index in [0.29, 0.717) is 11.4 Å². The number of nitrogens with one attached hydrogen (secondary N) is 2. The molecule has 0 radical (unpaired) electrons. The zero-order chi connectivity index (χ0) is 13.0. The molecule has 2 amide bonds. The minimum Gasteiger partial charge on any atom is -0.335 e. The summed E-state index contributed by atoms with van der Waals surface area (Å²) < 4.78 is 1.51. The van der Waals surface area contributed by atoms with Crippen LogP contribution in [0.1, 0.15) is 37.7 Å². The number of amides is 2. The van der Waals surface area contributed by atoms with Crippen LogP contribution in [0, 0.1) is 11.3 Å². The third-order valence-electron chi connectivity index (χ3n) is 3.12. The van der Waals surface area contributed by atoms with E-state index in [1.54, 1.807) is 13.2 Å². The van der Waals surface area contributed by atoms with Crippen molar-refractivity contribution in [2.75, 3.05) is 5.32 Å². The van der Waals surface area contributed by atoms with Crippen LogP contribution in [-0.4, -0.2) is 21.9 Å². The quantitative estimate of drug-likeness (QED) is 0.835. The molecular formula is C12H17N5O. The Kier molecular flexibility index (Phi) is 3.82. The first kappa shape index (κ1) is 12.4. The maximum atomic E-state index is 11.8. The molecule has 0 saturated heterocycles. The molecule has 1 aliphatic carbocycles. The summed E-state index contributed by atoms with van der Waals surface area (Å²) in [6, 6.07) is 1.96. The van der Waals surface area contributed by atoms with Gasteiger partial charge in [0.25, 0.3) is 0 Å². The number of anilines is 1. The molecule has 0 bridgehead atoms. The largest absolute Gasteiger partial charge is 0.335 e. The second kappa shape index (κ2) is 5.54. The zero-order valence-corrected chi connectivity index (χ0v) is 10.4. The second-order valence-corrected chi connectivity index (χ2v) is 4.61. The van der Waals surface area contributed by atoms with Crippen molar-refractivity contribution in [3.05, 3.63) is 11.8 Å². The van der Waals surface area contributed by atoms with Gasteiger partial charge in [-0.3, -0.25) is 10.00 Å². The molecule has 1 aromatic heterocycles. The Morgan fingerprint density at radius 1 is 1.50 bits per heavy atom. The SMILES string of the molecule is Cn1cc(C#N)c(NC(=O)NC2CCCCC2)n1. The van der Waals surface area contributed by atoms with Crippen molar-refractivity contribution in [2.45, 2.75) is 38.1 Å². The highest BCUT2D eigenvalue weighted by Gasteiger charge is 2.17. The molecule has 0 aromatic carbocycles. The molecule has 2 rings (SSSR count). The van der Waals surface area contributed by atoms with Crippen molar-refractivity contribution < 1.29 is 4.79 Å². The highest BCUT2D eigenvalue weighted by atomic mass is 16.2. The molecule has 6 nitrogen and oxygen atoms in total. The summed E-state index contributed by atoms with van der Waals surface area (Å²) in [6.45, 7) is 0. The van der Waals surface area contributed by atoms with Crippen molar-refractivity contribution in [3.63, 3.8) is 0 Å². The first-order chi connectivity index (χ1) is 8.69. The minimum atomic E-state index is -0.280. The fourth-order valence-corrected chi connectivity index (χ4v) is 2.24. The number of hydrogen-bond donors (Lipinski definition) is 2. The molecule has 0 unspecified atom stereocenters. The first-order valence-corrected chi connectivity index (χ1v) is 6.20. The van der Waals surface area contributed by atoms with Crippen molar-refractivity contribution in [2.24, 2.45) is 7.05 Å². The van der Waals surface area contributed by atoms with Gasteiger partial charge in [0.2, 0.25) is 0 Å². The highest BCUT2D eigenvalue weighted by molar-refractivity contribution is 5.89. The summed E-state index contributed by atoms with van der Waals surface area (Å²) in [5.41, 5.74) is 0.372. The number of hydrogen-bond acceptors (Lipinski definition) is 3. The van der Waals surface area contributed by atoms with Crippen molar-refractivity contribution in [1.29, 1.82) is 5.26 Å². The Morgan fingerprint density at radius 2 is 2.22 bits per heavy atom. The average molecular weight is 247 g/mol. The van der Waals surface area contributed by atoms with Crippen LogP contribution in [0.25, 0.3) is 0 Å². The van der Waals surface area contributed by atoms with Gasteiger partial charge in [0, 0.05) is 19.3 Å². The Hall–Kier alpha value is -2.03. The van der Waals surface area contributed by atoms with Crippen LogP contribution in [0.15, 0.2) is 6.20 Å². The van der Waals surface area contributed by atoms with Crippen molar-refractivity contribution >= 4 is 11.8 Å². The number of carbonyl (C=O) groups excluding carboxylic acids is 1. The van der Waals surface area contributed by atoms with Crippen LogP contribution in [0.4, 0.5) is 10.6 Å². The van der Waals surface area contributed by atoms with E-state index in [2.05, 4.69) is 15.7 Å². The molecule has 1 fully saturated rings. The minimum absolute atomic E-state index is 0.244. The lowest BCUT2D eigenvalue weighted by molar-refractivity contribution is 0.244. The average Bonchev–Trinajstić information content (AvgIpc) is 2.70. The lowest BCUT2D eigenvalue weighted by Crippen LogP contribution is -2.39. The normalized spacial score (nSPS) is 16.0. The van der Waals surface area contributed by atoms with Gasteiger partial charge in [-0.1, -0.05) is 19.3 Å². The lowest BCUT2D eigenvalue weighted by Gasteiger charge is -2.22. The summed E-state index contributed by atoms with van der Waals surface area (Å²) in [5, 5.41) is 18.5. The number of nitriles is 1.